The predicted molar refractivity (Wildman–Crippen MR) is 100 cm³/mol. The lowest BCUT2D eigenvalue weighted by Gasteiger charge is -2.36. The van der Waals surface area contributed by atoms with E-state index in [1.165, 1.54) is 0 Å². The summed E-state index contributed by atoms with van der Waals surface area (Å²) in [5.41, 5.74) is 3.97. The van der Waals surface area contributed by atoms with Gasteiger partial charge < -0.3 is 14.6 Å². The van der Waals surface area contributed by atoms with Crippen molar-refractivity contribution in [2.75, 3.05) is 0 Å². The monoisotopic (exact) mass is 358 g/mol. The fraction of sp³-hybridized carbons (Fsp3) is 0.174. The van der Waals surface area contributed by atoms with Crippen molar-refractivity contribution in [1.29, 1.82) is 0 Å². The summed E-state index contributed by atoms with van der Waals surface area (Å²) in [6.07, 6.45) is 0.844. The van der Waals surface area contributed by atoms with Crippen LogP contribution in [0.25, 0.3) is 0 Å². The molecule has 4 heteroatoms. The van der Waals surface area contributed by atoms with Crippen molar-refractivity contribution >= 4 is 5.97 Å². The van der Waals surface area contributed by atoms with Crippen LogP contribution >= 0.6 is 0 Å². The Bertz CT molecular complexity index is 1060. The molecule has 0 aliphatic carbocycles. The highest BCUT2D eigenvalue weighted by Gasteiger charge is 2.53. The van der Waals surface area contributed by atoms with E-state index in [4.69, 9.17) is 9.47 Å². The van der Waals surface area contributed by atoms with E-state index in [1.807, 2.05) is 43.3 Å². The van der Waals surface area contributed by atoms with Crippen LogP contribution in [0.5, 0.6) is 17.2 Å². The second kappa shape index (κ2) is 5.36. The third-order valence-electron chi connectivity index (χ3n) is 5.42. The number of rotatable bonds is 1. The lowest BCUT2D eigenvalue weighted by Crippen LogP contribution is -2.33. The molecule has 0 aromatic heterocycles. The molecule has 3 aromatic carbocycles. The number of aryl methyl sites for hydroxylation is 2. The Morgan fingerprint density at radius 3 is 2.41 bits per heavy atom. The first-order valence-corrected chi connectivity index (χ1v) is 9.02. The van der Waals surface area contributed by atoms with E-state index in [9.17, 15) is 9.90 Å². The number of ether oxygens (including phenoxy) is 2. The minimum absolute atomic E-state index is 0.103. The Balaban J connectivity index is 1.87. The molecule has 0 saturated carbocycles. The molecule has 27 heavy (non-hydrogen) atoms. The van der Waals surface area contributed by atoms with Crippen LogP contribution < -0.4 is 4.74 Å². The number of benzene rings is 3. The van der Waals surface area contributed by atoms with E-state index in [2.05, 4.69) is 6.92 Å². The van der Waals surface area contributed by atoms with Gasteiger partial charge in [0, 0.05) is 22.8 Å². The smallest absolute Gasteiger partial charge is 0.340 e. The minimum atomic E-state index is -1.07. The molecule has 2 aliphatic heterocycles. The standard InChI is InChI=1S/C23H18O4/c1-3-14-5-8-17-16(11-14)22(25)27-23(17)18-7-4-13(2)10-20(18)26-21-12-15(24)6-9-19(21)23/h4-12,24H,3H2,1-2H3. The number of carbonyl (C=O) groups is 1. The van der Waals surface area contributed by atoms with E-state index in [0.29, 0.717) is 22.6 Å². The van der Waals surface area contributed by atoms with Gasteiger partial charge in [-0.15, -0.1) is 0 Å². The van der Waals surface area contributed by atoms with Crippen molar-refractivity contribution in [3.63, 3.8) is 0 Å². The fourth-order valence-corrected chi connectivity index (χ4v) is 4.09. The van der Waals surface area contributed by atoms with Crippen molar-refractivity contribution in [2.24, 2.45) is 0 Å². The van der Waals surface area contributed by atoms with Crippen LogP contribution in [-0.2, 0) is 16.8 Å². The first-order valence-electron chi connectivity index (χ1n) is 9.02. The van der Waals surface area contributed by atoms with Gasteiger partial charge in [-0.05, 0) is 48.7 Å². The molecule has 3 aromatic rings. The third kappa shape index (κ3) is 2.07. The van der Waals surface area contributed by atoms with Gasteiger partial charge in [0.05, 0.1) is 5.56 Å². The molecule has 5 rings (SSSR count). The van der Waals surface area contributed by atoms with E-state index >= 15 is 0 Å². The lowest BCUT2D eigenvalue weighted by atomic mass is 9.77. The van der Waals surface area contributed by atoms with Crippen LogP contribution in [0, 0.1) is 6.92 Å². The molecule has 1 spiro atoms. The van der Waals surface area contributed by atoms with Gasteiger partial charge in [-0.1, -0.05) is 31.2 Å². The summed E-state index contributed by atoms with van der Waals surface area (Å²) in [4.78, 5) is 12.8. The van der Waals surface area contributed by atoms with E-state index < -0.39 is 5.60 Å². The number of hydrogen-bond donors (Lipinski definition) is 1. The van der Waals surface area contributed by atoms with E-state index in [-0.39, 0.29) is 11.7 Å². The zero-order valence-corrected chi connectivity index (χ0v) is 15.1. The average molecular weight is 358 g/mol. The molecule has 134 valence electrons. The molecular formula is C23H18O4. The molecule has 2 aliphatic rings. The number of esters is 1. The SMILES string of the molecule is CCc1ccc2c(c1)C(=O)OC21c2ccc(C)cc2Oc2cc(O)ccc21. The highest BCUT2D eigenvalue weighted by atomic mass is 16.6. The topological polar surface area (TPSA) is 55.8 Å². The van der Waals surface area contributed by atoms with Crippen LogP contribution in [0.15, 0.2) is 54.6 Å². The van der Waals surface area contributed by atoms with E-state index in [0.717, 1.165) is 28.7 Å². The Hall–Kier alpha value is -3.27. The number of phenolic OH excluding ortho intramolecular Hbond substituents is 1. The van der Waals surface area contributed by atoms with Gasteiger partial charge in [-0.25, -0.2) is 4.79 Å². The average Bonchev–Trinajstić information content (AvgIpc) is 2.94. The van der Waals surface area contributed by atoms with Crippen molar-refractivity contribution in [3.05, 3.63) is 88.0 Å². The summed E-state index contributed by atoms with van der Waals surface area (Å²) >= 11 is 0. The minimum Gasteiger partial charge on any atom is -0.508 e. The summed E-state index contributed by atoms with van der Waals surface area (Å²) in [7, 11) is 0. The summed E-state index contributed by atoms with van der Waals surface area (Å²) in [6, 6.07) is 16.7. The van der Waals surface area contributed by atoms with Gasteiger partial charge >= 0.3 is 5.97 Å². The summed E-state index contributed by atoms with van der Waals surface area (Å²) in [5, 5.41) is 9.95. The van der Waals surface area contributed by atoms with Crippen LogP contribution in [0.4, 0.5) is 0 Å². The van der Waals surface area contributed by atoms with E-state index in [1.54, 1.807) is 18.2 Å². The Morgan fingerprint density at radius 2 is 1.63 bits per heavy atom. The molecular weight excluding hydrogens is 340 g/mol. The molecule has 4 nitrogen and oxygen atoms in total. The van der Waals surface area contributed by atoms with Gasteiger partial charge in [-0.2, -0.15) is 0 Å². The predicted octanol–water partition coefficient (Wildman–Crippen LogP) is 4.83. The number of fused-ring (bicyclic) bond motifs is 6. The second-order valence-corrected chi connectivity index (χ2v) is 7.09. The zero-order valence-electron chi connectivity index (χ0n) is 15.1. The zero-order chi connectivity index (χ0) is 18.8. The molecule has 1 unspecified atom stereocenters. The molecule has 0 amide bonds. The second-order valence-electron chi connectivity index (χ2n) is 7.09. The van der Waals surface area contributed by atoms with Crippen LogP contribution in [0.2, 0.25) is 0 Å². The maximum Gasteiger partial charge on any atom is 0.340 e. The molecule has 0 bridgehead atoms. The van der Waals surface area contributed by atoms with Crippen LogP contribution in [0.3, 0.4) is 0 Å². The third-order valence-corrected chi connectivity index (χ3v) is 5.42. The number of hydrogen-bond acceptors (Lipinski definition) is 4. The van der Waals surface area contributed by atoms with Gasteiger partial charge in [-0.3, -0.25) is 0 Å². The quantitative estimate of drug-likeness (QED) is 0.633. The molecule has 0 saturated heterocycles. The van der Waals surface area contributed by atoms with Crippen molar-refractivity contribution < 1.29 is 19.4 Å². The maximum atomic E-state index is 12.8. The van der Waals surface area contributed by atoms with Gasteiger partial charge in [0.15, 0.2) is 5.60 Å². The maximum absolute atomic E-state index is 12.8. The van der Waals surface area contributed by atoms with Gasteiger partial charge in [0.2, 0.25) is 0 Å². The molecule has 0 radical (unpaired) electrons. The summed E-state index contributed by atoms with van der Waals surface area (Å²) < 4.78 is 12.2. The molecule has 1 atom stereocenters. The Kier molecular flexibility index (Phi) is 3.17. The first-order chi connectivity index (χ1) is 13.0. The number of aromatic hydroxyl groups is 1. The van der Waals surface area contributed by atoms with Crippen molar-refractivity contribution in [3.8, 4) is 17.2 Å². The lowest BCUT2D eigenvalue weighted by molar-refractivity contribution is 0.0224. The summed E-state index contributed by atoms with van der Waals surface area (Å²) in [6.45, 7) is 4.04. The molecule has 0 fully saturated rings. The highest BCUT2D eigenvalue weighted by molar-refractivity contribution is 5.97. The largest absolute Gasteiger partial charge is 0.508 e. The Labute approximate surface area is 157 Å². The fourth-order valence-electron chi connectivity index (χ4n) is 4.09. The van der Waals surface area contributed by atoms with Crippen LogP contribution in [-0.4, -0.2) is 11.1 Å². The normalized spacial score (nSPS) is 19.1. The molecule has 1 N–H and O–H groups in total. The van der Waals surface area contributed by atoms with Crippen molar-refractivity contribution in [2.45, 2.75) is 25.9 Å². The number of phenols is 1. The molecule has 2 heterocycles. The number of carbonyl (C=O) groups excluding carboxylic acids is 1. The van der Waals surface area contributed by atoms with Gasteiger partial charge in [0.25, 0.3) is 0 Å². The van der Waals surface area contributed by atoms with Gasteiger partial charge in [0.1, 0.15) is 17.2 Å². The summed E-state index contributed by atoms with van der Waals surface area (Å²) in [5.74, 6) is 0.889. The first kappa shape index (κ1) is 15.9. The Morgan fingerprint density at radius 1 is 0.926 bits per heavy atom. The highest BCUT2D eigenvalue weighted by Crippen LogP contribution is 2.56. The van der Waals surface area contributed by atoms with Crippen LogP contribution in [0.1, 0.15) is 45.1 Å². The van der Waals surface area contributed by atoms with Crippen molar-refractivity contribution in [1.82, 2.24) is 0 Å².